The van der Waals surface area contributed by atoms with Gasteiger partial charge in [0.2, 0.25) is 0 Å². The Hall–Kier alpha value is -2.45. The minimum absolute atomic E-state index is 0.112. The summed E-state index contributed by atoms with van der Waals surface area (Å²) in [5.74, 6) is -0.306. The van der Waals surface area contributed by atoms with Crippen LogP contribution in [0.5, 0.6) is 5.75 Å². The first kappa shape index (κ1) is 17.9. The van der Waals surface area contributed by atoms with Crippen LogP contribution in [0.15, 0.2) is 35.7 Å². The van der Waals surface area contributed by atoms with E-state index in [9.17, 15) is 19.1 Å². The molecule has 0 bridgehead atoms. The zero-order valence-electron chi connectivity index (χ0n) is 14.5. The van der Waals surface area contributed by atoms with Gasteiger partial charge in [-0.15, -0.1) is 11.3 Å². The van der Waals surface area contributed by atoms with E-state index in [1.54, 1.807) is 11.3 Å². The minimum atomic E-state index is -1.05. The standard InChI is InChI=1S/C19H19FN2O4S/c20-12-3-5-14(6-4-12)26-11-13(23)10-22-17(24)19(21-18(22)25)8-1-2-16-15(19)7-9-27-16/h3-7,9,13,23H,1-2,8,10-11H2,(H,21,25)/t13-,19+/m0/s1. The topological polar surface area (TPSA) is 78.9 Å². The van der Waals surface area contributed by atoms with E-state index in [1.807, 2.05) is 11.4 Å². The molecule has 1 aromatic carbocycles. The van der Waals surface area contributed by atoms with E-state index in [-0.39, 0.29) is 24.9 Å². The average molecular weight is 390 g/mol. The number of fused-ring (bicyclic) bond motifs is 2. The number of nitrogens with one attached hydrogen (secondary N) is 1. The van der Waals surface area contributed by atoms with Gasteiger partial charge in [-0.3, -0.25) is 9.69 Å². The van der Waals surface area contributed by atoms with Crippen molar-refractivity contribution in [1.82, 2.24) is 10.2 Å². The van der Waals surface area contributed by atoms with Crippen LogP contribution in [-0.4, -0.2) is 41.2 Å². The van der Waals surface area contributed by atoms with Crippen molar-refractivity contribution in [2.75, 3.05) is 13.2 Å². The molecular weight excluding hydrogens is 371 g/mol. The molecule has 8 heteroatoms. The molecule has 0 saturated carbocycles. The maximum atomic E-state index is 13.1. The first-order chi connectivity index (χ1) is 13.0. The van der Waals surface area contributed by atoms with Crippen molar-refractivity contribution in [2.24, 2.45) is 0 Å². The summed E-state index contributed by atoms with van der Waals surface area (Å²) in [5, 5.41) is 15.0. The highest BCUT2D eigenvalue weighted by atomic mass is 32.1. The summed E-state index contributed by atoms with van der Waals surface area (Å²) < 4.78 is 18.3. The molecule has 2 heterocycles. The van der Waals surface area contributed by atoms with Crippen LogP contribution >= 0.6 is 11.3 Å². The molecule has 0 unspecified atom stereocenters. The van der Waals surface area contributed by atoms with E-state index in [0.29, 0.717) is 12.2 Å². The van der Waals surface area contributed by atoms with Gasteiger partial charge >= 0.3 is 6.03 Å². The van der Waals surface area contributed by atoms with Crippen LogP contribution in [0.2, 0.25) is 0 Å². The summed E-state index contributed by atoms with van der Waals surface area (Å²) in [6.07, 6.45) is 1.24. The lowest BCUT2D eigenvalue weighted by molar-refractivity contribution is -0.133. The second kappa shape index (κ2) is 6.94. The van der Waals surface area contributed by atoms with Crippen LogP contribution < -0.4 is 10.1 Å². The maximum absolute atomic E-state index is 13.1. The van der Waals surface area contributed by atoms with Crippen LogP contribution in [0.3, 0.4) is 0 Å². The van der Waals surface area contributed by atoms with Crippen molar-refractivity contribution >= 4 is 23.3 Å². The molecule has 2 aliphatic rings. The molecule has 1 aliphatic heterocycles. The number of aliphatic hydroxyl groups excluding tert-OH is 1. The van der Waals surface area contributed by atoms with Crippen molar-refractivity contribution in [3.8, 4) is 5.75 Å². The Balaban J connectivity index is 1.43. The second-order valence-corrected chi connectivity index (χ2v) is 7.78. The molecule has 142 valence electrons. The number of carbonyl (C=O) groups is 2. The summed E-state index contributed by atoms with van der Waals surface area (Å²) >= 11 is 1.59. The molecule has 1 spiro atoms. The molecule has 4 rings (SSSR count). The van der Waals surface area contributed by atoms with E-state index in [4.69, 9.17) is 4.74 Å². The third-order valence-electron chi connectivity index (χ3n) is 4.99. The maximum Gasteiger partial charge on any atom is 0.325 e. The van der Waals surface area contributed by atoms with Gasteiger partial charge in [0.05, 0.1) is 6.54 Å². The van der Waals surface area contributed by atoms with E-state index in [0.717, 1.165) is 28.2 Å². The number of halogens is 1. The summed E-state index contributed by atoms with van der Waals surface area (Å²) in [6, 6.07) is 6.80. The third-order valence-corrected chi connectivity index (χ3v) is 5.97. The number of thiophene rings is 1. The Bertz CT molecular complexity index is 869. The van der Waals surface area contributed by atoms with E-state index in [2.05, 4.69) is 5.32 Å². The third kappa shape index (κ3) is 3.19. The number of amides is 3. The molecule has 27 heavy (non-hydrogen) atoms. The number of carbonyl (C=O) groups excluding carboxylic acids is 2. The quantitative estimate of drug-likeness (QED) is 0.769. The first-order valence-electron chi connectivity index (χ1n) is 8.77. The van der Waals surface area contributed by atoms with Gasteiger partial charge in [0.15, 0.2) is 0 Å². The molecule has 1 saturated heterocycles. The lowest BCUT2D eigenvalue weighted by atomic mass is 9.80. The number of urea groups is 1. The number of hydrogen-bond acceptors (Lipinski definition) is 5. The Morgan fingerprint density at radius 2 is 2.07 bits per heavy atom. The van der Waals surface area contributed by atoms with Crippen molar-refractivity contribution in [3.05, 3.63) is 52.0 Å². The number of aliphatic hydroxyl groups is 1. The molecular formula is C19H19FN2O4S. The smallest absolute Gasteiger partial charge is 0.325 e. The molecule has 2 aromatic rings. The van der Waals surface area contributed by atoms with Gasteiger partial charge in [0.1, 0.15) is 29.8 Å². The molecule has 1 fully saturated rings. The Morgan fingerprint density at radius 3 is 2.85 bits per heavy atom. The average Bonchev–Trinajstić information content (AvgIpc) is 3.22. The van der Waals surface area contributed by atoms with Crippen LogP contribution in [0.25, 0.3) is 0 Å². The lowest BCUT2D eigenvalue weighted by Crippen LogP contribution is -2.46. The molecule has 1 aliphatic carbocycles. The lowest BCUT2D eigenvalue weighted by Gasteiger charge is -2.31. The number of hydrogen-bond donors (Lipinski definition) is 2. The highest BCUT2D eigenvalue weighted by molar-refractivity contribution is 7.10. The highest BCUT2D eigenvalue weighted by Gasteiger charge is 2.54. The van der Waals surface area contributed by atoms with Crippen LogP contribution in [-0.2, 0) is 16.8 Å². The van der Waals surface area contributed by atoms with Gasteiger partial charge in [0.25, 0.3) is 5.91 Å². The zero-order chi connectivity index (χ0) is 19.0. The van der Waals surface area contributed by atoms with Crippen molar-refractivity contribution < 1.29 is 23.8 Å². The number of ether oxygens (including phenoxy) is 1. The van der Waals surface area contributed by atoms with Crippen molar-refractivity contribution in [1.29, 1.82) is 0 Å². The van der Waals surface area contributed by atoms with Gasteiger partial charge in [-0.05, 0) is 55.0 Å². The summed E-state index contributed by atoms with van der Waals surface area (Å²) in [5.41, 5.74) is -0.140. The number of benzene rings is 1. The largest absolute Gasteiger partial charge is 0.491 e. The molecule has 1 aromatic heterocycles. The fourth-order valence-corrected chi connectivity index (χ4v) is 4.69. The fraction of sp³-hybridized carbons (Fsp3) is 0.368. The Kier molecular flexibility index (Phi) is 4.61. The van der Waals surface area contributed by atoms with Gasteiger partial charge in [-0.1, -0.05) is 0 Å². The van der Waals surface area contributed by atoms with Crippen molar-refractivity contribution in [3.63, 3.8) is 0 Å². The van der Waals surface area contributed by atoms with Crippen LogP contribution in [0, 0.1) is 5.82 Å². The van der Waals surface area contributed by atoms with E-state index < -0.39 is 17.7 Å². The number of imide groups is 1. The van der Waals surface area contributed by atoms with Crippen molar-refractivity contribution in [2.45, 2.75) is 30.9 Å². The first-order valence-corrected chi connectivity index (χ1v) is 9.65. The van der Waals surface area contributed by atoms with Gasteiger partial charge in [0, 0.05) is 10.4 Å². The van der Waals surface area contributed by atoms with Gasteiger partial charge in [-0.2, -0.15) is 0 Å². The summed E-state index contributed by atoms with van der Waals surface area (Å²) in [4.78, 5) is 27.7. The number of β-amino-alcohol motifs (C(OH)–C–C–N with tert-alkyl or cyclic N) is 1. The zero-order valence-corrected chi connectivity index (χ0v) is 15.3. The van der Waals surface area contributed by atoms with Crippen LogP contribution in [0.4, 0.5) is 9.18 Å². The van der Waals surface area contributed by atoms with E-state index >= 15 is 0 Å². The molecule has 3 amide bonds. The molecule has 2 atom stereocenters. The molecule has 2 N–H and O–H groups in total. The summed E-state index contributed by atoms with van der Waals surface area (Å²) in [7, 11) is 0. The van der Waals surface area contributed by atoms with Gasteiger partial charge in [-0.25, -0.2) is 9.18 Å². The normalized spacial score (nSPS) is 22.7. The molecule has 0 radical (unpaired) electrons. The predicted octanol–water partition coefficient (Wildman–Crippen LogP) is 2.41. The van der Waals surface area contributed by atoms with E-state index in [1.165, 1.54) is 24.3 Å². The Morgan fingerprint density at radius 1 is 1.30 bits per heavy atom. The monoisotopic (exact) mass is 390 g/mol. The second-order valence-electron chi connectivity index (χ2n) is 6.78. The minimum Gasteiger partial charge on any atom is -0.491 e. The Labute approximate surface area is 159 Å². The number of aryl methyl sites for hydroxylation is 1. The highest BCUT2D eigenvalue weighted by Crippen LogP contribution is 2.42. The molecule has 6 nitrogen and oxygen atoms in total. The summed E-state index contributed by atoms with van der Waals surface area (Å²) in [6.45, 7) is -0.271. The fourth-order valence-electron chi connectivity index (χ4n) is 3.69. The predicted molar refractivity (Wildman–Crippen MR) is 97.1 cm³/mol. The number of rotatable bonds is 5. The van der Waals surface area contributed by atoms with Gasteiger partial charge < -0.3 is 15.2 Å². The SMILES string of the molecule is O=C1N[C@@]2(CCCc3sccc32)C(=O)N1C[C@H](O)COc1ccc(F)cc1. The number of nitrogens with zero attached hydrogens (tertiary/aromatic N) is 1. The van der Waals surface area contributed by atoms with Crippen LogP contribution in [0.1, 0.15) is 23.3 Å².